The van der Waals surface area contributed by atoms with Crippen molar-refractivity contribution in [3.05, 3.63) is 52.5 Å². The minimum absolute atomic E-state index is 0.138. The van der Waals surface area contributed by atoms with Crippen LogP contribution in [0.2, 0.25) is 0 Å². The van der Waals surface area contributed by atoms with Crippen LogP contribution in [0.25, 0.3) is 10.6 Å². The van der Waals surface area contributed by atoms with Crippen molar-refractivity contribution in [1.29, 1.82) is 0 Å². The van der Waals surface area contributed by atoms with Gasteiger partial charge in [0.05, 0.1) is 6.04 Å². The lowest BCUT2D eigenvalue weighted by Gasteiger charge is -2.08. The van der Waals surface area contributed by atoms with Crippen molar-refractivity contribution in [2.75, 3.05) is 0 Å². The summed E-state index contributed by atoms with van der Waals surface area (Å²) in [5, 5.41) is 12.9. The van der Waals surface area contributed by atoms with E-state index in [1.165, 1.54) is 22.9 Å². The second kappa shape index (κ2) is 6.11. The number of carbonyl (C=O) groups excluding carboxylic acids is 1. The van der Waals surface area contributed by atoms with Crippen LogP contribution >= 0.6 is 22.9 Å². The minimum Gasteiger partial charge on any atom is -0.342 e. The van der Waals surface area contributed by atoms with Gasteiger partial charge in [0.2, 0.25) is 0 Å². The van der Waals surface area contributed by atoms with Crippen LogP contribution in [0, 0.1) is 0 Å². The second-order valence-corrected chi connectivity index (χ2v) is 6.23. The lowest BCUT2D eigenvalue weighted by molar-refractivity contribution is 0.0944. The van der Waals surface area contributed by atoms with Crippen LogP contribution in [0.4, 0.5) is 0 Å². The molecule has 0 aliphatic carbocycles. The summed E-state index contributed by atoms with van der Waals surface area (Å²) in [6.45, 7) is 1.90. The molecule has 0 radical (unpaired) electrons. The van der Waals surface area contributed by atoms with Crippen molar-refractivity contribution in [2.24, 2.45) is 0 Å². The normalized spacial score (nSPS) is 12.0. The zero-order valence-electron chi connectivity index (χ0n) is 11.2. The molecule has 0 aliphatic rings. The van der Waals surface area contributed by atoms with E-state index in [2.05, 4.69) is 19.9 Å². The van der Waals surface area contributed by atoms with Crippen molar-refractivity contribution in [3.8, 4) is 10.6 Å². The number of benzene rings is 1. The first-order chi connectivity index (χ1) is 10.2. The van der Waals surface area contributed by atoms with Crippen LogP contribution in [0.15, 0.2) is 42.6 Å². The zero-order valence-corrected chi connectivity index (χ0v) is 12.8. The average molecular weight is 316 g/mol. The maximum Gasteiger partial charge on any atom is 0.263 e. The number of nitrogens with one attached hydrogen (secondary N) is 1. The van der Waals surface area contributed by atoms with Gasteiger partial charge in [0, 0.05) is 11.8 Å². The molecule has 106 valence electrons. The van der Waals surface area contributed by atoms with Gasteiger partial charge >= 0.3 is 0 Å². The lowest BCUT2D eigenvalue weighted by atomic mass is 10.2. The molecule has 1 atom stereocenters. The van der Waals surface area contributed by atoms with E-state index in [1.54, 1.807) is 12.3 Å². The summed E-state index contributed by atoms with van der Waals surface area (Å²) in [6, 6.07) is 11.4. The molecular weight excluding hydrogens is 304 g/mol. The fourth-order valence-electron chi connectivity index (χ4n) is 1.77. The van der Waals surface area contributed by atoms with Crippen molar-refractivity contribution in [2.45, 2.75) is 13.0 Å². The quantitative estimate of drug-likeness (QED) is 0.803. The number of carbonyl (C=O) groups is 1. The molecule has 1 N–H and O–H groups in total. The van der Waals surface area contributed by atoms with Crippen molar-refractivity contribution in [1.82, 2.24) is 19.9 Å². The van der Waals surface area contributed by atoms with E-state index < -0.39 is 0 Å². The van der Waals surface area contributed by atoms with E-state index in [1.807, 2.05) is 37.3 Å². The first-order valence-electron chi connectivity index (χ1n) is 6.34. The van der Waals surface area contributed by atoms with Crippen LogP contribution in [0.5, 0.6) is 0 Å². The second-order valence-electron chi connectivity index (χ2n) is 4.38. The maximum absolute atomic E-state index is 12.0. The summed E-state index contributed by atoms with van der Waals surface area (Å²) in [7, 11) is 0. The highest BCUT2D eigenvalue weighted by Gasteiger charge is 2.17. The molecule has 0 saturated heterocycles. The van der Waals surface area contributed by atoms with E-state index in [-0.39, 0.29) is 11.9 Å². The standard InChI is InChI=1S/C14H12N4OS2/c1-9(16-12(19)11-7-8-15-21-11)13-17-18-14(20-13)10-5-3-2-4-6-10/h2-9H,1H3,(H,16,19). The Hall–Kier alpha value is -2.12. The van der Waals surface area contributed by atoms with Gasteiger partial charge in [-0.15, -0.1) is 10.2 Å². The van der Waals surface area contributed by atoms with Gasteiger partial charge in [0.1, 0.15) is 14.9 Å². The van der Waals surface area contributed by atoms with Gasteiger partial charge in [-0.1, -0.05) is 41.7 Å². The number of amides is 1. The number of nitrogens with zero attached hydrogens (tertiary/aromatic N) is 3. The lowest BCUT2D eigenvalue weighted by Crippen LogP contribution is -2.25. The van der Waals surface area contributed by atoms with Gasteiger partial charge in [-0.05, 0) is 24.5 Å². The van der Waals surface area contributed by atoms with Crippen LogP contribution in [-0.2, 0) is 0 Å². The Morgan fingerprint density at radius 2 is 2.00 bits per heavy atom. The molecule has 0 fully saturated rings. The smallest absolute Gasteiger partial charge is 0.263 e. The van der Waals surface area contributed by atoms with E-state index in [9.17, 15) is 4.79 Å². The largest absolute Gasteiger partial charge is 0.342 e. The Morgan fingerprint density at radius 3 is 2.71 bits per heavy atom. The van der Waals surface area contributed by atoms with E-state index in [0.717, 1.165) is 15.6 Å². The summed E-state index contributed by atoms with van der Waals surface area (Å²) in [6.07, 6.45) is 1.61. The van der Waals surface area contributed by atoms with E-state index in [4.69, 9.17) is 0 Å². The molecule has 2 aromatic heterocycles. The molecule has 5 nitrogen and oxygen atoms in total. The SMILES string of the molecule is CC(NC(=O)c1ccns1)c1nnc(-c2ccccc2)s1. The van der Waals surface area contributed by atoms with E-state index in [0.29, 0.717) is 4.88 Å². The fraction of sp³-hybridized carbons (Fsp3) is 0.143. The van der Waals surface area contributed by atoms with Crippen LogP contribution < -0.4 is 5.32 Å². The summed E-state index contributed by atoms with van der Waals surface area (Å²) in [5.41, 5.74) is 1.03. The number of hydrogen-bond acceptors (Lipinski definition) is 6. The summed E-state index contributed by atoms with van der Waals surface area (Å²) >= 11 is 2.66. The van der Waals surface area contributed by atoms with Gasteiger partial charge in [-0.2, -0.15) is 0 Å². The van der Waals surface area contributed by atoms with Crippen LogP contribution in [0.1, 0.15) is 27.6 Å². The summed E-state index contributed by atoms with van der Waals surface area (Å²) in [5.74, 6) is -0.138. The van der Waals surface area contributed by atoms with Crippen LogP contribution in [0.3, 0.4) is 0 Å². The predicted octanol–water partition coefficient (Wildman–Crippen LogP) is 3.15. The fourth-order valence-corrected chi connectivity index (χ4v) is 3.12. The third-order valence-corrected chi connectivity index (χ3v) is 4.74. The Kier molecular flexibility index (Phi) is 4.03. The Balaban J connectivity index is 1.73. The van der Waals surface area contributed by atoms with Gasteiger partial charge in [0.25, 0.3) is 5.91 Å². The summed E-state index contributed by atoms with van der Waals surface area (Å²) in [4.78, 5) is 12.6. The molecule has 0 bridgehead atoms. The monoisotopic (exact) mass is 316 g/mol. The zero-order chi connectivity index (χ0) is 14.7. The van der Waals surface area contributed by atoms with Gasteiger partial charge in [-0.25, -0.2) is 4.37 Å². The van der Waals surface area contributed by atoms with Crippen molar-refractivity contribution in [3.63, 3.8) is 0 Å². The topological polar surface area (TPSA) is 67.8 Å². The average Bonchev–Trinajstić information content (AvgIpc) is 3.20. The van der Waals surface area contributed by atoms with Crippen molar-refractivity contribution >= 4 is 28.8 Å². The van der Waals surface area contributed by atoms with E-state index >= 15 is 0 Å². The number of rotatable bonds is 4. The Morgan fingerprint density at radius 1 is 1.19 bits per heavy atom. The van der Waals surface area contributed by atoms with Gasteiger partial charge < -0.3 is 5.32 Å². The Labute approximate surface area is 129 Å². The molecule has 1 aromatic carbocycles. The number of hydrogen-bond donors (Lipinski definition) is 1. The summed E-state index contributed by atoms with van der Waals surface area (Å²) < 4.78 is 3.92. The molecular formula is C14H12N4OS2. The molecule has 21 heavy (non-hydrogen) atoms. The highest BCUT2D eigenvalue weighted by atomic mass is 32.1. The third kappa shape index (κ3) is 3.14. The van der Waals surface area contributed by atoms with Gasteiger partial charge in [0.15, 0.2) is 0 Å². The molecule has 1 amide bonds. The molecule has 2 heterocycles. The molecule has 0 spiro atoms. The molecule has 3 aromatic rings. The number of aromatic nitrogens is 3. The predicted molar refractivity (Wildman–Crippen MR) is 83.3 cm³/mol. The van der Waals surface area contributed by atoms with Gasteiger partial charge in [-0.3, -0.25) is 4.79 Å². The molecule has 0 aliphatic heterocycles. The highest BCUT2D eigenvalue weighted by molar-refractivity contribution is 7.14. The highest BCUT2D eigenvalue weighted by Crippen LogP contribution is 2.26. The maximum atomic E-state index is 12.0. The first kappa shape index (κ1) is 13.8. The third-order valence-electron chi connectivity index (χ3n) is 2.84. The van der Waals surface area contributed by atoms with Crippen LogP contribution in [-0.4, -0.2) is 20.5 Å². The molecule has 7 heteroatoms. The molecule has 0 saturated carbocycles. The minimum atomic E-state index is -0.186. The van der Waals surface area contributed by atoms with Crippen molar-refractivity contribution < 1.29 is 4.79 Å². The first-order valence-corrected chi connectivity index (χ1v) is 7.93. The molecule has 1 unspecified atom stereocenters. The molecule has 3 rings (SSSR count). The Bertz CT molecular complexity index is 725.